The molecule has 0 aliphatic heterocycles. The van der Waals surface area contributed by atoms with Gasteiger partial charge in [0.15, 0.2) is 0 Å². The molecule has 0 saturated heterocycles. The summed E-state index contributed by atoms with van der Waals surface area (Å²) in [7, 11) is 0. The standard InChI is InChI=1S/C63H39N3O/c1-61(2)48-24-11-12-25-49(48)63(53-32-42-39-18-5-10-23-47(39)62(51(42)33-52(53)61)45-21-8-3-16-37(45)38-17-4-9-22-46(38)62)50-26-15-29-64-59(50)60-54(63)30-36(35-65-60)66-55-27-13-6-19-40(55)43-31-44-41-20-7-14-28-57(41)67-58(44)34-56(43)66/h3-35H,1-2H3. The monoisotopic (exact) mass is 853 g/mol. The van der Waals surface area contributed by atoms with Crippen molar-refractivity contribution in [1.82, 2.24) is 14.5 Å². The third kappa shape index (κ3) is 4.06. The number of hydrogen-bond donors (Lipinski definition) is 0. The Balaban J connectivity index is 1.03. The van der Waals surface area contributed by atoms with Crippen LogP contribution in [0.4, 0.5) is 0 Å². The van der Waals surface area contributed by atoms with Crippen LogP contribution in [-0.2, 0) is 16.2 Å². The fraction of sp³-hybridized carbons (Fsp3) is 0.0794. The molecule has 4 aliphatic carbocycles. The lowest BCUT2D eigenvalue weighted by Crippen LogP contribution is -2.41. The van der Waals surface area contributed by atoms with Gasteiger partial charge in [0.05, 0.1) is 45.1 Å². The van der Waals surface area contributed by atoms with Crippen molar-refractivity contribution in [2.45, 2.75) is 30.1 Å². The second-order valence-electron chi connectivity index (χ2n) is 19.6. The molecule has 12 aromatic rings. The van der Waals surface area contributed by atoms with Crippen molar-refractivity contribution in [2.24, 2.45) is 0 Å². The number of fused-ring (bicyclic) bond motifs is 25. The Labute approximate surface area is 386 Å². The first-order valence-electron chi connectivity index (χ1n) is 23.4. The topological polar surface area (TPSA) is 43.9 Å². The van der Waals surface area contributed by atoms with Gasteiger partial charge in [-0.15, -0.1) is 0 Å². The van der Waals surface area contributed by atoms with Gasteiger partial charge in [-0.3, -0.25) is 9.97 Å². The number of hydrogen-bond acceptors (Lipinski definition) is 3. The molecule has 4 aromatic heterocycles. The maximum absolute atomic E-state index is 6.55. The van der Waals surface area contributed by atoms with E-state index in [1.165, 1.54) is 83.1 Å². The third-order valence-electron chi connectivity index (χ3n) is 16.4. The number of aromatic nitrogens is 3. The smallest absolute Gasteiger partial charge is 0.137 e. The first kappa shape index (κ1) is 35.9. The molecule has 8 aromatic carbocycles. The van der Waals surface area contributed by atoms with Crippen LogP contribution in [0.25, 0.3) is 83.1 Å². The highest BCUT2D eigenvalue weighted by Crippen LogP contribution is 2.67. The molecule has 16 rings (SSSR count). The quantitative estimate of drug-likeness (QED) is 0.165. The highest BCUT2D eigenvalue weighted by Gasteiger charge is 2.58. The molecule has 4 heteroatoms. The van der Waals surface area contributed by atoms with E-state index in [9.17, 15) is 0 Å². The van der Waals surface area contributed by atoms with Crippen LogP contribution in [0, 0.1) is 0 Å². The van der Waals surface area contributed by atoms with Gasteiger partial charge < -0.3 is 8.98 Å². The van der Waals surface area contributed by atoms with E-state index in [-0.39, 0.29) is 5.41 Å². The van der Waals surface area contributed by atoms with Crippen molar-refractivity contribution >= 4 is 43.7 Å². The molecule has 312 valence electrons. The Morgan fingerprint density at radius 2 is 0.970 bits per heavy atom. The van der Waals surface area contributed by atoms with Crippen molar-refractivity contribution < 1.29 is 4.42 Å². The fourth-order valence-electron chi connectivity index (χ4n) is 13.7. The first-order chi connectivity index (χ1) is 33.0. The molecule has 0 amide bonds. The van der Waals surface area contributed by atoms with E-state index >= 15 is 0 Å². The number of nitrogens with zero attached hydrogens (tertiary/aromatic N) is 3. The predicted molar refractivity (Wildman–Crippen MR) is 269 cm³/mol. The van der Waals surface area contributed by atoms with Gasteiger partial charge in [-0.05, 0) is 109 Å². The Bertz CT molecular complexity index is 4180. The van der Waals surface area contributed by atoms with Gasteiger partial charge >= 0.3 is 0 Å². The lowest BCUT2D eigenvalue weighted by atomic mass is 9.55. The maximum atomic E-state index is 6.55. The van der Waals surface area contributed by atoms with Crippen LogP contribution in [-0.4, -0.2) is 14.5 Å². The average Bonchev–Trinajstić information content (AvgIpc) is 4.14. The zero-order valence-electron chi connectivity index (χ0n) is 36.8. The maximum Gasteiger partial charge on any atom is 0.137 e. The van der Waals surface area contributed by atoms with E-state index < -0.39 is 10.8 Å². The summed E-state index contributed by atoms with van der Waals surface area (Å²) in [5.74, 6) is 0. The van der Waals surface area contributed by atoms with Crippen molar-refractivity contribution in [1.29, 1.82) is 0 Å². The molecule has 0 saturated carbocycles. The third-order valence-corrected chi connectivity index (χ3v) is 16.4. The lowest BCUT2D eigenvalue weighted by molar-refractivity contribution is 0.561. The van der Waals surface area contributed by atoms with Crippen LogP contribution in [0.5, 0.6) is 0 Å². The van der Waals surface area contributed by atoms with Crippen LogP contribution in [0.1, 0.15) is 69.5 Å². The molecule has 0 radical (unpaired) electrons. The van der Waals surface area contributed by atoms with Gasteiger partial charge in [0.2, 0.25) is 0 Å². The molecule has 0 N–H and O–H groups in total. The van der Waals surface area contributed by atoms with Crippen LogP contribution >= 0.6 is 0 Å². The van der Waals surface area contributed by atoms with Crippen molar-refractivity contribution in [3.05, 3.63) is 256 Å². The Hall–Kier alpha value is -8.34. The lowest BCUT2D eigenvalue weighted by Gasteiger charge is -2.47. The number of furan rings is 1. The summed E-state index contributed by atoms with van der Waals surface area (Å²) in [6.07, 6.45) is 3.99. The molecular weight excluding hydrogens is 815 g/mol. The molecule has 0 fully saturated rings. The highest BCUT2D eigenvalue weighted by molar-refractivity contribution is 6.17. The zero-order chi connectivity index (χ0) is 44.0. The second kappa shape index (κ2) is 12.1. The van der Waals surface area contributed by atoms with Crippen LogP contribution in [0.2, 0.25) is 0 Å². The van der Waals surface area contributed by atoms with Crippen LogP contribution in [0.3, 0.4) is 0 Å². The summed E-state index contributed by atoms with van der Waals surface area (Å²) in [6.45, 7) is 4.86. The van der Waals surface area contributed by atoms with Gasteiger partial charge in [-0.2, -0.15) is 0 Å². The van der Waals surface area contributed by atoms with E-state index in [1.807, 2.05) is 12.3 Å². The number of benzene rings is 8. The number of pyridine rings is 2. The minimum absolute atomic E-state index is 0.346. The summed E-state index contributed by atoms with van der Waals surface area (Å²) < 4.78 is 8.94. The molecule has 67 heavy (non-hydrogen) atoms. The van der Waals surface area contributed by atoms with Crippen molar-refractivity contribution in [3.8, 4) is 39.3 Å². The molecule has 4 aliphatic rings. The molecule has 0 bridgehead atoms. The van der Waals surface area contributed by atoms with Gasteiger partial charge in [0, 0.05) is 44.8 Å². The minimum atomic E-state index is -0.723. The summed E-state index contributed by atoms with van der Waals surface area (Å²) in [4.78, 5) is 10.7. The Kier molecular flexibility index (Phi) is 6.49. The highest BCUT2D eigenvalue weighted by atomic mass is 16.3. The molecular formula is C63H39N3O. The summed E-state index contributed by atoms with van der Waals surface area (Å²) in [5.41, 5.74) is 23.5. The Morgan fingerprint density at radius 3 is 1.73 bits per heavy atom. The largest absolute Gasteiger partial charge is 0.456 e. The summed E-state index contributed by atoms with van der Waals surface area (Å²) in [5, 5.41) is 4.62. The van der Waals surface area contributed by atoms with E-state index in [1.54, 1.807) is 0 Å². The van der Waals surface area contributed by atoms with E-state index in [0.717, 1.165) is 55.6 Å². The normalized spacial score (nSPS) is 17.1. The summed E-state index contributed by atoms with van der Waals surface area (Å²) in [6, 6.07) is 70.3. The first-order valence-corrected chi connectivity index (χ1v) is 23.4. The van der Waals surface area contributed by atoms with Crippen molar-refractivity contribution in [3.63, 3.8) is 0 Å². The number of rotatable bonds is 1. The average molecular weight is 854 g/mol. The molecule has 1 atom stereocenters. The number of para-hydroxylation sites is 2. The second-order valence-corrected chi connectivity index (χ2v) is 19.6. The summed E-state index contributed by atoms with van der Waals surface area (Å²) >= 11 is 0. The van der Waals surface area contributed by atoms with Gasteiger partial charge in [-0.1, -0.05) is 159 Å². The van der Waals surface area contributed by atoms with Crippen molar-refractivity contribution in [2.75, 3.05) is 0 Å². The minimum Gasteiger partial charge on any atom is -0.456 e. The molecule has 1 unspecified atom stereocenters. The molecule has 2 spiro atoms. The molecule has 4 heterocycles. The Morgan fingerprint density at radius 1 is 0.373 bits per heavy atom. The SMILES string of the molecule is CC1(C)c2ccccc2C2(c3cc4c(cc31)C1(c3ccccc3-c3ccccc31)c1ccccc1-4)c1cccnc1-c1ncc(-n3c4ccccc4c4cc5c(cc43)oc3ccccc35)cc12. The van der Waals surface area contributed by atoms with E-state index in [0.29, 0.717) is 0 Å². The van der Waals surface area contributed by atoms with Gasteiger partial charge in [-0.25, -0.2) is 0 Å². The van der Waals surface area contributed by atoms with Gasteiger partial charge in [0.25, 0.3) is 0 Å². The predicted octanol–water partition coefficient (Wildman–Crippen LogP) is 14.8. The van der Waals surface area contributed by atoms with Crippen LogP contribution in [0.15, 0.2) is 205 Å². The molecule has 4 nitrogen and oxygen atoms in total. The fourth-order valence-corrected chi connectivity index (χ4v) is 13.7. The van der Waals surface area contributed by atoms with E-state index in [2.05, 4.69) is 207 Å². The van der Waals surface area contributed by atoms with E-state index in [4.69, 9.17) is 14.4 Å². The van der Waals surface area contributed by atoms with Crippen LogP contribution < -0.4 is 0 Å². The zero-order valence-corrected chi connectivity index (χ0v) is 36.8. The van der Waals surface area contributed by atoms with Gasteiger partial charge in [0.1, 0.15) is 11.2 Å².